The first-order valence-electron chi connectivity index (χ1n) is 23.7. The van der Waals surface area contributed by atoms with Crippen molar-refractivity contribution in [2.45, 2.75) is 211 Å². The van der Waals surface area contributed by atoms with Gasteiger partial charge in [0.15, 0.2) is 6.10 Å². The summed E-state index contributed by atoms with van der Waals surface area (Å²) in [5.74, 6) is -1.18. The van der Waals surface area contributed by atoms with E-state index in [1.165, 1.54) is 57.8 Å². The number of carbonyl (C=O) groups is 2. The van der Waals surface area contributed by atoms with Gasteiger partial charge in [0.1, 0.15) is 43.2 Å². The molecule has 1 rings (SSSR count). The fourth-order valence-electron chi connectivity index (χ4n) is 6.65. The van der Waals surface area contributed by atoms with Crippen molar-refractivity contribution in [3.63, 3.8) is 0 Å². The molecule has 1 saturated carbocycles. The Morgan fingerprint density at radius 3 is 1.37 bits per heavy atom. The molecule has 0 aromatic carbocycles. The van der Waals surface area contributed by atoms with E-state index in [2.05, 4.69) is 86.8 Å². The number of phosphoric acid groups is 1. The molecule has 8 atom stereocenters. The van der Waals surface area contributed by atoms with Gasteiger partial charge in [-0.2, -0.15) is 0 Å². The number of unbranched alkanes of at least 4 members (excludes halogenated alkanes) is 14. The number of allylic oxidation sites excluding steroid dienone is 12. The maximum absolute atomic E-state index is 12.8. The normalized spacial score (nSPS) is 22.3. The molecule has 0 bridgehead atoms. The largest absolute Gasteiger partial charge is 0.472 e. The van der Waals surface area contributed by atoms with Crippen LogP contribution in [0.15, 0.2) is 72.9 Å². The molecule has 0 spiro atoms. The number of aliphatic hydroxyl groups excluding tert-OH is 5. The summed E-state index contributed by atoms with van der Waals surface area (Å²) in [7, 11) is -5.14. The van der Waals surface area contributed by atoms with Crippen molar-refractivity contribution in [3.8, 4) is 0 Å². The van der Waals surface area contributed by atoms with Gasteiger partial charge in [-0.1, -0.05) is 138 Å². The van der Waals surface area contributed by atoms with Crippen LogP contribution in [0.5, 0.6) is 0 Å². The first kappa shape index (κ1) is 58.3. The highest BCUT2D eigenvalue weighted by atomic mass is 31.2. The molecule has 0 aromatic heterocycles. The van der Waals surface area contributed by atoms with Gasteiger partial charge in [0.05, 0.1) is 6.61 Å². The summed E-state index contributed by atoms with van der Waals surface area (Å²) in [4.78, 5) is 35.7. The number of carbonyl (C=O) groups excluding carboxylic acids is 2. The number of hydrogen-bond acceptors (Lipinski definition) is 12. The Labute approximate surface area is 378 Å². The van der Waals surface area contributed by atoms with E-state index in [9.17, 15) is 44.6 Å². The molecule has 0 radical (unpaired) electrons. The van der Waals surface area contributed by atoms with E-state index in [1.807, 2.05) is 0 Å². The molecule has 0 saturated heterocycles. The van der Waals surface area contributed by atoms with Crippen LogP contribution in [0.3, 0.4) is 0 Å². The van der Waals surface area contributed by atoms with Crippen LogP contribution in [0.25, 0.3) is 0 Å². The SMILES string of the molecule is CCCCC/C=C/C/C=C/C/C=C/C/C=C/CCCCCC(=O)O[C@H](COC(=O)CCCC/C=C/C/C=C/CCCCCCCC)COP(=O)(O)OC1C(O)C(O)C(O)[C@@H](O)C1O. The fourth-order valence-corrected chi connectivity index (χ4v) is 7.62. The van der Waals surface area contributed by atoms with Gasteiger partial charge in [0.25, 0.3) is 0 Å². The lowest BCUT2D eigenvalue weighted by molar-refractivity contribution is -0.220. The first-order chi connectivity index (χ1) is 30.4. The van der Waals surface area contributed by atoms with Crippen LogP contribution in [0.4, 0.5) is 0 Å². The van der Waals surface area contributed by atoms with Gasteiger partial charge in [0, 0.05) is 12.8 Å². The predicted molar refractivity (Wildman–Crippen MR) is 249 cm³/mol. The van der Waals surface area contributed by atoms with Gasteiger partial charge in [-0.15, -0.1) is 0 Å². The molecule has 0 aliphatic heterocycles. The van der Waals surface area contributed by atoms with Crippen LogP contribution in [-0.2, 0) is 32.7 Å². The molecular formula is C49H83O13P. The van der Waals surface area contributed by atoms with Crippen LogP contribution in [0.2, 0.25) is 0 Å². The Kier molecular flexibility index (Phi) is 35.7. The second kappa shape index (κ2) is 38.5. The molecule has 6 N–H and O–H groups in total. The Hall–Kier alpha value is -2.71. The zero-order valence-electron chi connectivity index (χ0n) is 38.3. The second-order valence-electron chi connectivity index (χ2n) is 16.3. The van der Waals surface area contributed by atoms with Gasteiger partial charge in [-0.3, -0.25) is 18.6 Å². The molecule has 6 unspecified atom stereocenters. The van der Waals surface area contributed by atoms with E-state index in [0.717, 1.165) is 70.6 Å². The molecule has 0 heterocycles. The smallest absolute Gasteiger partial charge is 0.462 e. The van der Waals surface area contributed by atoms with Gasteiger partial charge in [-0.25, -0.2) is 4.57 Å². The molecule has 14 heteroatoms. The highest BCUT2D eigenvalue weighted by molar-refractivity contribution is 7.47. The van der Waals surface area contributed by atoms with Crippen molar-refractivity contribution in [2.24, 2.45) is 0 Å². The average molecular weight is 911 g/mol. The zero-order valence-corrected chi connectivity index (χ0v) is 39.2. The summed E-state index contributed by atoms with van der Waals surface area (Å²) in [5.41, 5.74) is 0. The number of hydrogen-bond donors (Lipinski definition) is 6. The Balaban J connectivity index is 2.51. The topological polar surface area (TPSA) is 210 Å². The van der Waals surface area contributed by atoms with E-state index in [4.69, 9.17) is 18.5 Å². The number of esters is 2. The minimum atomic E-state index is -5.14. The van der Waals surface area contributed by atoms with E-state index in [0.29, 0.717) is 12.8 Å². The van der Waals surface area contributed by atoms with Crippen LogP contribution >= 0.6 is 7.82 Å². The maximum atomic E-state index is 12.8. The Morgan fingerprint density at radius 2 is 0.857 bits per heavy atom. The number of phosphoric ester groups is 1. The van der Waals surface area contributed by atoms with Crippen molar-refractivity contribution in [1.82, 2.24) is 0 Å². The summed E-state index contributed by atoms with van der Waals surface area (Å²) in [5, 5.41) is 50.2. The molecule has 362 valence electrons. The van der Waals surface area contributed by atoms with Crippen LogP contribution in [0, 0.1) is 0 Å². The highest BCUT2D eigenvalue weighted by Gasteiger charge is 2.51. The van der Waals surface area contributed by atoms with Crippen molar-refractivity contribution in [1.29, 1.82) is 0 Å². The lowest BCUT2D eigenvalue weighted by Gasteiger charge is -2.41. The monoisotopic (exact) mass is 911 g/mol. The van der Waals surface area contributed by atoms with Crippen molar-refractivity contribution in [2.75, 3.05) is 13.2 Å². The van der Waals surface area contributed by atoms with Gasteiger partial charge >= 0.3 is 19.8 Å². The van der Waals surface area contributed by atoms with Crippen LogP contribution < -0.4 is 0 Å². The molecule has 1 aliphatic rings. The van der Waals surface area contributed by atoms with E-state index in [1.54, 1.807) is 0 Å². The predicted octanol–water partition coefficient (Wildman–Crippen LogP) is 9.50. The average Bonchev–Trinajstić information content (AvgIpc) is 3.26. The first-order valence-corrected chi connectivity index (χ1v) is 25.2. The molecular weight excluding hydrogens is 828 g/mol. The quantitative estimate of drug-likeness (QED) is 0.0148. The van der Waals surface area contributed by atoms with Gasteiger partial charge in [-0.05, 0) is 89.9 Å². The second-order valence-corrected chi connectivity index (χ2v) is 17.7. The minimum absolute atomic E-state index is 0.0490. The third-order valence-electron chi connectivity index (χ3n) is 10.5. The van der Waals surface area contributed by atoms with E-state index in [-0.39, 0.29) is 12.8 Å². The standard InChI is InChI=1S/C49H83O13P/c1-3-5-7-9-11-13-15-17-19-20-21-22-24-26-28-30-32-34-36-38-43(51)61-41(40-60-63(57,58)62-49-47(55)45(53)44(52)46(54)48(49)56)39-59-42(50)37-35-33-31-29-27-25-23-18-16-14-12-10-8-6-4-2/h11,13,17-19,21-23,26-29,41,44-49,52-56H,3-10,12,14-16,20,24-25,30-40H2,1-2H3,(H,57,58)/b13-11+,19-17+,22-21+,23-18+,28-26+,29-27+/t41-,44?,45-,46?,47?,48?,49?/m1/s1. The molecule has 1 aliphatic carbocycles. The lowest BCUT2D eigenvalue weighted by atomic mass is 9.85. The lowest BCUT2D eigenvalue weighted by Crippen LogP contribution is -2.64. The Bertz CT molecular complexity index is 1380. The van der Waals surface area contributed by atoms with Crippen LogP contribution in [-0.4, -0.2) is 98.3 Å². The Morgan fingerprint density at radius 1 is 0.492 bits per heavy atom. The number of rotatable bonds is 38. The van der Waals surface area contributed by atoms with Crippen molar-refractivity contribution < 1.29 is 63.1 Å². The molecule has 0 amide bonds. The minimum Gasteiger partial charge on any atom is -0.462 e. The highest BCUT2D eigenvalue weighted by Crippen LogP contribution is 2.47. The maximum Gasteiger partial charge on any atom is 0.472 e. The van der Waals surface area contributed by atoms with Crippen molar-refractivity contribution in [3.05, 3.63) is 72.9 Å². The summed E-state index contributed by atoms with van der Waals surface area (Å²) in [6.07, 6.45) is 35.3. The summed E-state index contributed by atoms with van der Waals surface area (Å²) in [6.45, 7) is 3.20. The van der Waals surface area contributed by atoms with Gasteiger partial charge in [0.2, 0.25) is 0 Å². The van der Waals surface area contributed by atoms with Gasteiger partial charge < -0.3 is 39.9 Å². The number of aliphatic hydroxyl groups is 5. The van der Waals surface area contributed by atoms with E-state index >= 15 is 0 Å². The molecule has 63 heavy (non-hydrogen) atoms. The third kappa shape index (κ3) is 31.0. The summed E-state index contributed by atoms with van der Waals surface area (Å²) < 4.78 is 33.5. The molecule has 0 aromatic rings. The fraction of sp³-hybridized carbons (Fsp3) is 0.714. The zero-order chi connectivity index (χ0) is 46.4. The van der Waals surface area contributed by atoms with E-state index < -0.39 is 75.7 Å². The van der Waals surface area contributed by atoms with Crippen LogP contribution in [0.1, 0.15) is 168 Å². The van der Waals surface area contributed by atoms with Crippen molar-refractivity contribution >= 4 is 19.8 Å². The summed E-state index contributed by atoms with van der Waals surface area (Å²) >= 11 is 0. The molecule has 13 nitrogen and oxygen atoms in total. The third-order valence-corrected chi connectivity index (χ3v) is 11.5. The summed E-state index contributed by atoms with van der Waals surface area (Å²) in [6, 6.07) is 0. The number of ether oxygens (including phenoxy) is 2. The molecule has 1 fully saturated rings.